The Kier molecular flexibility index (Phi) is 2.67. The predicted octanol–water partition coefficient (Wildman–Crippen LogP) is 2.39. The molecule has 7 heteroatoms. The van der Waals surface area contributed by atoms with Crippen molar-refractivity contribution < 1.29 is 9.15 Å². The van der Waals surface area contributed by atoms with Gasteiger partial charge >= 0.3 is 0 Å². The standard InChI is InChI=1S/C11H10N4O2S/c1-6-3-4-18-10(6)11-12-9(16-15-11)5-8-7(2)13-17-14-8/h3-4H,5H2,1-2H3. The first-order valence-electron chi connectivity index (χ1n) is 5.39. The second kappa shape index (κ2) is 4.34. The van der Waals surface area contributed by atoms with Crippen LogP contribution in [0.2, 0.25) is 0 Å². The number of thiophene rings is 1. The van der Waals surface area contributed by atoms with Gasteiger partial charge in [0, 0.05) is 0 Å². The Morgan fingerprint density at radius 3 is 2.78 bits per heavy atom. The molecule has 0 radical (unpaired) electrons. The molecule has 0 saturated heterocycles. The molecule has 0 unspecified atom stereocenters. The van der Waals surface area contributed by atoms with Gasteiger partial charge in [0.1, 0.15) is 11.4 Å². The number of aromatic nitrogens is 4. The maximum absolute atomic E-state index is 5.21. The molecule has 6 nitrogen and oxygen atoms in total. The summed E-state index contributed by atoms with van der Waals surface area (Å²) in [7, 11) is 0. The molecule has 0 aliphatic rings. The first kappa shape index (κ1) is 11.1. The summed E-state index contributed by atoms with van der Waals surface area (Å²) in [6, 6.07) is 2.03. The zero-order valence-electron chi connectivity index (χ0n) is 9.88. The van der Waals surface area contributed by atoms with Crippen LogP contribution in [-0.2, 0) is 6.42 Å². The Bertz CT molecular complexity index is 670. The fourth-order valence-electron chi connectivity index (χ4n) is 1.57. The van der Waals surface area contributed by atoms with Crippen molar-refractivity contribution in [3.63, 3.8) is 0 Å². The second-order valence-corrected chi connectivity index (χ2v) is 4.83. The van der Waals surface area contributed by atoms with Crippen LogP contribution in [0.15, 0.2) is 20.6 Å². The Labute approximate surface area is 107 Å². The lowest BCUT2D eigenvalue weighted by atomic mass is 10.2. The molecule has 3 heterocycles. The van der Waals surface area contributed by atoms with Crippen LogP contribution in [0.1, 0.15) is 22.8 Å². The highest BCUT2D eigenvalue weighted by Gasteiger charge is 2.15. The van der Waals surface area contributed by atoms with Crippen LogP contribution >= 0.6 is 11.3 Å². The van der Waals surface area contributed by atoms with Crippen LogP contribution in [0.4, 0.5) is 0 Å². The Morgan fingerprint density at radius 1 is 1.22 bits per heavy atom. The largest absolute Gasteiger partial charge is 0.339 e. The van der Waals surface area contributed by atoms with E-state index in [-0.39, 0.29) is 0 Å². The highest BCUT2D eigenvalue weighted by atomic mass is 32.1. The van der Waals surface area contributed by atoms with Gasteiger partial charge in [0.25, 0.3) is 0 Å². The van der Waals surface area contributed by atoms with E-state index in [1.807, 2.05) is 25.3 Å². The summed E-state index contributed by atoms with van der Waals surface area (Å²) < 4.78 is 9.84. The van der Waals surface area contributed by atoms with Crippen molar-refractivity contribution in [3.8, 4) is 10.7 Å². The molecular weight excluding hydrogens is 252 g/mol. The first-order chi connectivity index (χ1) is 8.74. The third kappa shape index (κ3) is 1.92. The van der Waals surface area contributed by atoms with Crippen LogP contribution in [0, 0.1) is 13.8 Å². The van der Waals surface area contributed by atoms with E-state index in [1.165, 1.54) is 0 Å². The fraction of sp³-hybridized carbons (Fsp3) is 0.273. The van der Waals surface area contributed by atoms with Gasteiger partial charge in [0.2, 0.25) is 11.7 Å². The lowest BCUT2D eigenvalue weighted by Crippen LogP contribution is -1.91. The minimum absolute atomic E-state index is 0.437. The molecule has 3 aromatic heterocycles. The highest BCUT2D eigenvalue weighted by molar-refractivity contribution is 7.13. The lowest BCUT2D eigenvalue weighted by molar-refractivity contribution is 0.300. The van der Waals surface area contributed by atoms with Crippen molar-refractivity contribution in [2.75, 3.05) is 0 Å². The van der Waals surface area contributed by atoms with E-state index in [1.54, 1.807) is 11.3 Å². The van der Waals surface area contributed by atoms with E-state index >= 15 is 0 Å². The summed E-state index contributed by atoms with van der Waals surface area (Å²) in [6.07, 6.45) is 0.437. The molecule has 0 bridgehead atoms. The Balaban J connectivity index is 1.86. The van der Waals surface area contributed by atoms with E-state index < -0.39 is 0 Å². The van der Waals surface area contributed by atoms with Crippen molar-refractivity contribution in [1.82, 2.24) is 20.5 Å². The van der Waals surface area contributed by atoms with Gasteiger partial charge in [0.05, 0.1) is 11.3 Å². The predicted molar refractivity (Wildman–Crippen MR) is 64.2 cm³/mol. The zero-order valence-corrected chi connectivity index (χ0v) is 10.7. The number of hydrogen-bond acceptors (Lipinski definition) is 7. The minimum atomic E-state index is 0.437. The topological polar surface area (TPSA) is 77.8 Å². The van der Waals surface area contributed by atoms with E-state index in [2.05, 4.69) is 25.1 Å². The average Bonchev–Trinajstić information content (AvgIpc) is 3.03. The van der Waals surface area contributed by atoms with Crippen LogP contribution < -0.4 is 0 Å². The van der Waals surface area contributed by atoms with Crippen molar-refractivity contribution in [2.24, 2.45) is 0 Å². The zero-order chi connectivity index (χ0) is 12.5. The van der Waals surface area contributed by atoms with Crippen LogP contribution in [0.5, 0.6) is 0 Å². The summed E-state index contributed by atoms with van der Waals surface area (Å²) in [6.45, 7) is 3.85. The molecular formula is C11H10N4O2S. The summed E-state index contributed by atoms with van der Waals surface area (Å²) in [5.41, 5.74) is 2.60. The smallest absolute Gasteiger partial charge is 0.233 e. The maximum atomic E-state index is 5.21. The minimum Gasteiger partial charge on any atom is -0.339 e. The summed E-state index contributed by atoms with van der Waals surface area (Å²) >= 11 is 1.60. The molecule has 0 saturated carbocycles. The van der Waals surface area contributed by atoms with Crippen molar-refractivity contribution in [1.29, 1.82) is 0 Å². The third-order valence-corrected chi connectivity index (χ3v) is 3.61. The van der Waals surface area contributed by atoms with Gasteiger partial charge in [-0.25, -0.2) is 4.63 Å². The summed E-state index contributed by atoms with van der Waals surface area (Å²) in [5, 5.41) is 13.5. The molecule has 0 fully saturated rings. The first-order valence-corrected chi connectivity index (χ1v) is 6.27. The number of nitrogens with zero attached hydrogens (tertiary/aromatic N) is 4. The van der Waals surface area contributed by atoms with Crippen LogP contribution in [-0.4, -0.2) is 20.5 Å². The van der Waals surface area contributed by atoms with Gasteiger partial charge < -0.3 is 4.52 Å². The second-order valence-electron chi connectivity index (χ2n) is 3.92. The SMILES string of the molecule is Cc1ccsc1-c1noc(Cc2nonc2C)n1. The quantitative estimate of drug-likeness (QED) is 0.721. The number of aryl methyl sites for hydroxylation is 2. The molecule has 0 spiro atoms. The number of rotatable bonds is 3. The third-order valence-electron chi connectivity index (χ3n) is 2.60. The molecule has 0 aromatic carbocycles. The van der Waals surface area contributed by atoms with E-state index in [4.69, 9.17) is 4.52 Å². The molecule has 0 N–H and O–H groups in total. The fourth-order valence-corrected chi connectivity index (χ4v) is 2.42. The van der Waals surface area contributed by atoms with Gasteiger partial charge in [-0.2, -0.15) is 4.98 Å². The summed E-state index contributed by atoms with van der Waals surface area (Å²) in [5.74, 6) is 1.13. The van der Waals surface area contributed by atoms with Gasteiger partial charge in [-0.3, -0.25) is 0 Å². The molecule has 92 valence electrons. The van der Waals surface area contributed by atoms with Gasteiger partial charge in [-0.15, -0.1) is 11.3 Å². The Morgan fingerprint density at radius 2 is 2.11 bits per heavy atom. The van der Waals surface area contributed by atoms with E-state index in [0.29, 0.717) is 23.8 Å². The average molecular weight is 262 g/mol. The molecule has 18 heavy (non-hydrogen) atoms. The molecule has 3 rings (SSSR count). The monoisotopic (exact) mass is 262 g/mol. The van der Waals surface area contributed by atoms with E-state index in [9.17, 15) is 0 Å². The van der Waals surface area contributed by atoms with Gasteiger partial charge in [0.15, 0.2) is 0 Å². The van der Waals surface area contributed by atoms with Gasteiger partial charge in [-0.1, -0.05) is 15.5 Å². The molecule has 0 aliphatic carbocycles. The van der Waals surface area contributed by atoms with Crippen LogP contribution in [0.25, 0.3) is 10.7 Å². The molecule has 3 aromatic rings. The van der Waals surface area contributed by atoms with Crippen LogP contribution in [0.3, 0.4) is 0 Å². The highest BCUT2D eigenvalue weighted by Crippen LogP contribution is 2.26. The molecule has 0 atom stereocenters. The van der Waals surface area contributed by atoms with E-state index in [0.717, 1.165) is 16.1 Å². The summed E-state index contributed by atoms with van der Waals surface area (Å²) in [4.78, 5) is 5.38. The molecule has 0 amide bonds. The van der Waals surface area contributed by atoms with Crippen molar-refractivity contribution in [2.45, 2.75) is 20.3 Å². The molecule has 0 aliphatic heterocycles. The van der Waals surface area contributed by atoms with Crippen molar-refractivity contribution >= 4 is 11.3 Å². The maximum Gasteiger partial charge on any atom is 0.233 e. The lowest BCUT2D eigenvalue weighted by Gasteiger charge is -1.89. The van der Waals surface area contributed by atoms with Gasteiger partial charge in [-0.05, 0) is 30.9 Å². The number of hydrogen-bond donors (Lipinski definition) is 0. The Hall–Kier alpha value is -2.02. The van der Waals surface area contributed by atoms with Crippen molar-refractivity contribution in [3.05, 3.63) is 34.3 Å². The normalized spacial score (nSPS) is 11.0.